The molecule has 111 heavy (non-hydrogen) atoms. The summed E-state index contributed by atoms with van der Waals surface area (Å²) < 4.78 is 0. The molecule has 0 atom stereocenters. The highest BCUT2D eigenvalue weighted by Crippen LogP contribution is 2.70. The van der Waals surface area contributed by atoms with Crippen molar-refractivity contribution in [1.29, 1.82) is 0 Å². The van der Waals surface area contributed by atoms with Crippen molar-refractivity contribution in [2.45, 2.75) is 95.3 Å². The SMILES string of the molecule is CC1(C)c2cc(-c3ccccc3)ccc2-c2ccc(N(c3ccc4c(c3)C(C)(C)c3cc(-c5ccc6c(c5)C(C)(C)c5cc(N(c7ccc8c(c7)C7(c9ccccc9-8)C8CC9CC(C8)CC7C9)c7cccc(-c8ccccc8)c7-c7ccccc7)ccc5-6)ccc3-4)c3cccc(-c4ccccc4)c3-c3ccccc3)cc21. The van der Waals surface area contributed by atoms with Gasteiger partial charge in [-0.1, -0.05) is 302 Å². The third kappa shape index (κ3) is 9.88. The van der Waals surface area contributed by atoms with Crippen molar-refractivity contribution in [3.63, 3.8) is 0 Å². The predicted octanol–water partition coefficient (Wildman–Crippen LogP) is 29.3. The molecule has 0 aliphatic heterocycles. The molecule has 1 spiro atoms. The van der Waals surface area contributed by atoms with E-state index in [0.717, 1.165) is 28.9 Å². The minimum atomic E-state index is -0.330. The topological polar surface area (TPSA) is 6.48 Å². The Labute approximate surface area is 654 Å². The average molecular weight is 1430 g/mol. The summed E-state index contributed by atoms with van der Waals surface area (Å²) in [6.07, 6.45) is 6.82. The number of fused-ring (bicyclic) bond motifs is 12. The monoisotopic (exact) mass is 1420 g/mol. The zero-order valence-electron chi connectivity index (χ0n) is 64.1. The Bertz CT molecular complexity index is 6270. The maximum Gasteiger partial charge on any atom is 0.0546 e. The first-order valence-corrected chi connectivity index (χ1v) is 40.5. The lowest BCUT2D eigenvalue weighted by Gasteiger charge is -2.61. The number of hydrogen-bond donors (Lipinski definition) is 0. The molecule has 2 heteroatoms. The minimum Gasteiger partial charge on any atom is -0.310 e. The molecule has 15 aromatic rings. The van der Waals surface area contributed by atoms with E-state index in [1.807, 2.05) is 0 Å². The molecule has 0 amide bonds. The molecule has 0 saturated heterocycles. The zero-order valence-corrected chi connectivity index (χ0v) is 64.1. The van der Waals surface area contributed by atoms with Gasteiger partial charge in [-0.05, 0) is 279 Å². The van der Waals surface area contributed by atoms with Crippen LogP contribution in [-0.2, 0) is 21.7 Å². The molecular formula is C109H88N2. The summed E-state index contributed by atoms with van der Waals surface area (Å²) in [7, 11) is 0. The van der Waals surface area contributed by atoms with Crippen molar-refractivity contribution in [2.24, 2.45) is 23.7 Å². The molecule has 534 valence electrons. The van der Waals surface area contributed by atoms with Crippen molar-refractivity contribution >= 4 is 34.1 Å². The van der Waals surface area contributed by atoms with Gasteiger partial charge in [0, 0.05) is 55.5 Å². The van der Waals surface area contributed by atoms with Crippen molar-refractivity contribution < 1.29 is 0 Å². The number of hydrogen-bond acceptors (Lipinski definition) is 2. The second kappa shape index (κ2) is 24.7. The van der Waals surface area contributed by atoms with Crippen LogP contribution in [0.1, 0.15) is 118 Å². The fraction of sp³-hybridized carbons (Fsp3) is 0.174. The van der Waals surface area contributed by atoms with Gasteiger partial charge in [0.1, 0.15) is 0 Å². The highest BCUT2D eigenvalue weighted by atomic mass is 15.2. The van der Waals surface area contributed by atoms with Gasteiger partial charge in [0.25, 0.3) is 0 Å². The van der Waals surface area contributed by atoms with Gasteiger partial charge >= 0.3 is 0 Å². The largest absolute Gasteiger partial charge is 0.310 e. The van der Waals surface area contributed by atoms with E-state index in [-0.39, 0.29) is 21.7 Å². The van der Waals surface area contributed by atoms with Crippen LogP contribution < -0.4 is 9.80 Å². The number of benzene rings is 15. The minimum absolute atomic E-state index is 0.0221. The number of anilines is 6. The van der Waals surface area contributed by atoms with Crippen LogP contribution in [0.5, 0.6) is 0 Å². The van der Waals surface area contributed by atoms with E-state index in [0.29, 0.717) is 11.8 Å². The fourth-order valence-electron chi connectivity index (χ4n) is 22.9. The van der Waals surface area contributed by atoms with Gasteiger partial charge < -0.3 is 9.80 Å². The molecule has 0 radical (unpaired) electrons. The number of nitrogens with zero attached hydrogens (tertiary/aromatic N) is 2. The van der Waals surface area contributed by atoms with E-state index >= 15 is 0 Å². The van der Waals surface area contributed by atoms with Crippen LogP contribution in [0, 0.1) is 23.7 Å². The van der Waals surface area contributed by atoms with Gasteiger partial charge in [-0.2, -0.15) is 0 Å². The van der Waals surface area contributed by atoms with E-state index in [2.05, 4.69) is 391 Å². The normalized spacial score (nSPS) is 19.3. The Balaban J connectivity index is 0.643. The molecule has 23 rings (SSSR count). The molecule has 4 saturated carbocycles. The van der Waals surface area contributed by atoms with Crippen LogP contribution >= 0.6 is 0 Å². The molecule has 0 unspecified atom stereocenters. The molecule has 8 aliphatic rings. The number of rotatable bonds is 12. The van der Waals surface area contributed by atoms with Crippen LogP contribution in [0.4, 0.5) is 34.1 Å². The van der Waals surface area contributed by atoms with Crippen molar-refractivity contribution in [2.75, 3.05) is 9.80 Å². The highest BCUT2D eigenvalue weighted by molar-refractivity contribution is 6.01. The molecular weight excluding hydrogens is 1340 g/mol. The molecule has 15 aromatic carbocycles. The highest BCUT2D eigenvalue weighted by Gasteiger charge is 2.62. The zero-order chi connectivity index (χ0) is 74.2. The summed E-state index contributed by atoms with van der Waals surface area (Å²) in [6.45, 7) is 14.7. The van der Waals surface area contributed by atoms with Crippen LogP contribution in [0.3, 0.4) is 0 Å². The molecule has 4 fully saturated rings. The first-order chi connectivity index (χ1) is 54.3. The van der Waals surface area contributed by atoms with Gasteiger partial charge in [-0.25, -0.2) is 0 Å². The summed E-state index contributed by atoms with van der Waals surface area (Å²) >= 11 is 0. The Kier molecular flexibility index (Phi) is 14.7. The molecule has 4 bridgehead atoms. The Morgan fingerprint density at radius 3 is 0.865 bits per heavy atom. The first-order valence-electron chi connectivity index (χ1n) is 40.5. The summed E-state index contributed by atoms with van der Waals surface area (Å²) in [5.74, 6) is 3.04. The quantitative estimate of drug-likeness (QED) is 0.120. The maximum atomic E-state index is 2.69. The van der Waals surface area contributed by atoms with Crippen LogP contribution in [0.25, 0.3) is 111 Å². The lowest BCUT2D eigenvalue weighted by molar-refractivity contribution is -0.0399. The van der Waals surface area contributed by atoms with Crippen LogP contribution in [-0.4, -0.2) is 0 Å². The van der Waals surface area contributed by atoms with Crippen LogP contribution in [0.15, 0.2) is 340 Å². The first kappa shape index (κ1) is 65.9. The summed E-state index contributed by atoms with van der Waals surface area (Å²) in [5, 5.41) is 0. The van der Waals surface area contributed by atoms with E-state index < -0.39 is 0 Å². The van der Waals surface area contributed by atoms with E-state index in [4.69, 9.17) is 0 Å². The van der Waals surface area contributed by atoms with E-state index in [9.17, 15) is 0 Å². The van der Waals surface area contributed by atoms with Crippen LogP contribution in [0.2, 0.25) is 0 Å². The average Bonchev–Trinajstić information content (AvgIpc) is 1.58. The van der Waals surface area contributed by atoms with E-state index in [1.54, 1.807) is 11.1 Å². The van der Waals surface area contributed by atoms with Gasteiger partial charge in [-0.15, -0.1) is 0 Å². The van der Waals surface area contributed by atoms with Crippen molar-refractivity contribution in [1.82, 2.24) is 0 Å². The van der Waals surface area contributed by atoms with E-state index in [1.165, 1.54) is 194 Å². The second-order valence-electron chi connectivity index (χ2n) is 34.7. The van der Waals surface area contributed by atoms with Gasteiger partial charge in [-0.3, -0.25) is 0 Å². The predicted molar refractivity (Wildman–Crippen MR) is 464 cm³/mol. The van der Waals surface area contributed by atoms with Gasteiger partial charge in [0.2, 0.25) is 0 Å². The molecule has 0 aromatic heterocycles. The summed E-state index contributed by atoms with van der Waals surface area (Å²) in [5.41, 5.74) is 42.7. The third-order valence-corrected chi connectivity index (χ3v) is 27.9. The lowest BCUT2D eigenvalue weighted by Crippen LogP contribution is -2.55. The maximum absolute atomic E-state index is 2.69. The molecule has 0 N–H and O–H groups in total. The van der Waals surface area contributed by atoms with Gasteiger partial charge in [0.05, 0.1) is 11.4 Å². The van der Waals surface area contributed by atoms with Gasteiger partial charge in [0.15, 0.2) is 0 Å². The smallest absolute Gasteiger partial charge is 0.0546 e. The third-order valence-electron chi connectivity index (χ3n) is 27.9. The Morgan fingerprint density at radius 1 is 0.207 bits per heavy atom. The Morgan fingerprint density at radius 2 is 0.486 bits per heavy atom. The van der Waals surface area contributed by atoms with Crippen molar-refractivity contribution in [3.05, 3.63) is 384 Å². The standard InChI is InChI=1S/C109H88N2/c1-106(2)95-61-75(70-26-12-7-13-27-70)42-49-87(95)90-52-45-80(64-98(90)106)110(102-40-24-37-84(71-28-14-8-15-29-71)104(102)73-32-18-10-19-33-73)81-46-53-91-88-50-43-76(62-96(88)107(3,4)99(91)65-81)77-44-51-89-92-54-47-82(66-100(92)108(5,6)97(89)63-77)111(103-41-25-38-85(72-30-16-9-17-31-72)105(103)74-34-20-11-21-35-74)83-48-55-93-86-36-22-23-39-94(86)109(101(93)67-83)78-57-68-56-69(59-78)60-79(109)58-68/h7-55,61-69,78-79H,56-60H2,1-6H3. The summed E-state index contributed by atoms with van der Waals surface area (Å²) in [6, 6.07) is 130. The Hall–Kier alpha value is -12.1. The molecule has 8 aliphatic carbocycles. The lowest BCUT2D eigenvalue weighted by atomic mass is 9.43. The second-order valence-corrected chi connectivity index (χ2v) is 34.7. The molecule has 2 nitrogen and oxygen atoms in total. The summed E-state index contributed by atoms with van der Waals surface area (Å²) in [4.78, 5) is 5.21. The molecule has 0 heterocycles. The van der Waals surface area contributed by atoms with Crippen molar-refractivity contribution in [3.8, 4) is 111 Å². The fourth-order valence-corrected chi connectivity index (χ4v) is 22.9.